The van der Waals surface area contributed by atoms with E-state index in [1.807, 2.05) is 0 Å². The first-order chi connectivity index (χ1) is 9.88. The molecule has 0 saturated heterocycles. The molecular weight excluding hydrogens is 277 g/mol. The van der Waals surface area contributed by atoms with E-state index in [1.54, 1.807) is 6.92 Å². The summed E-state index contributed by atoms with van der Waals surface area (Å²) in [6.07, 6.45) is 0. The molecule has 1 amide bonds. The Morgan fingerprint density at radius 2 is 1.86 bits per heavy atom. The number of aromatic hydroxyl groups is 1. The van der Waals surface area contributed by atoms with E-state index in [9.17, 15) is 19.1 Å². The number of halogens is 1. The second-order valence-electron chi connectivity index (χ2n) is 4.45. The fourth-order valence-electron chi connectivity index (χ4n) is 1.82. The van der Waals surface area contributed by atoms with Crippen LogP contribution in [-0.4, -0.2) is 22.1 Å². The van der Waals surface area contributed by atoms with Crippen LogP contribution in [0, 0.1) is 12.7 Å². The lowest BCUT2D eigenvalue weighted by Gasteiger charge is -2.10. The van der Waals surface area contributed by atoms with Gasteiger partial charge in [0.15, 0.2) is 0 Å². The molecule has 0 atom stereocenters. The van der Waals surface area contributed by atoms with Crippen LogP contribution in [0.5, 0.6) is 5.75 Å². The van der Waals surface area contributed by atoms with Gasteiger partial charge in [-0.1, -0.05) is 0 Å². The third kappa shape index (κ3) is 3.17. The van der Waals surface area contributed by atoms with E-state index in [0.29, 0.717) is 11.3 Å². The zero-order valence-corrected chi connectivity index (χ0v) is 11.1. The van der Waals surface area contributed by atoms with E-state index in [-0.39, 0.29) is 16.9 Å². The molecule has 0 unspecified atom stereocenters. The van der Waals surface area contributed by atoms with Gasteiger partial charge in [0.05, 0.1) is 11.1 Å². The van der Waals surface area contributed by atoms with Crippen LogP contribution in [0.15, 0.2) is 36.4 Å². The molecule has 0 radical (unpaired) electrons. The van der Waals surface area contributed by atoms with E-state index < -0.39 is 17.7 Å². The zero-order chi connectivity index (χ0) is 15.6. The summed E-state index contributed by atoms with van der Waals surface area (Å²) in [5.41, 5.74) is 0.823. The number of rotatable bonds is 3. The van der Waals surface area contributed by atoms with Crippen LogP contribution >= 0.6 is 0 Å². The molecule has 0 bridgehead atoms. The highest BCUT2D eigenvalue weighted by atomic mass is 19.1. The van der Waals surface area contributed by atoms with Crippen molar-refractivity contribution in [1.82, 2.24) is 0 Å². The number of hydrogen-bond donors (Lipinski definition) is 3. The summed E-state index contributed by atoms with van der Waals surface area (Å²) in [5, 5.41) is 20.9. The van der Waals surface area contributed by atoms with E-state index in [2.05, 4.69) is 5.32 Å². The lowest BCUT2D eigenvalue weighted by molar-refractivity contribution is 0.0696. The topological polar surface area (TPSA) is 86.6 Å². The number of carbonyl (C=O) groups excluding carboxylic acids is 1. The van der Waals surface area contributed by atoms with Gasteiger partial charge in [0.25, 0.3) is 5.91 Å². The van der Waals surface area contributed by atoms with Gasteiger partial charge in [0.2, 0.25) is 0 Å². The Balaban J connectivity index is 2.27. The first kappa shape index (κ1) is 14.5. The molecular formula is C15H12FNO4. The number of amides is 1. The summed E-state index contributed by atoms with van der Waals surface area (Å²) in [5.74, 6) is -2.73. The maximum Gasteiger partial charge on any atom is 0.335 e. The number of aromatic carboxylic acids is 1. The molecule has 2 rings (SSSR count). The Kier molecular flexibility index (Phi) is 3.89. The lowest BCUT2D eigenvalue weighted by atomic mass is 10.1. The van der Waals surface area contributed by atoms with Gasteiger partial charge in [-0.2, -0.15) is 0 Å². The van der Waals surface area contributed by atoms with Gasteiger partial charge in [0, 0.05) is 5.69 Å². The molecule has 0 fully saturated rings. The summed E-state index contributed by atoms with van der Waals surface area (Å²) in [6.45, 7) is 1.63. The van der Waals surface area contributed by atoms with Crippen molar-refractivity contribution in [1.29, 1.82) is 0 Å². The maximum absolute atomic E-state index is 13.1. The minimum Gasteiger partial charge on any atom is -0.507 e. The van der Waals surface area contributed by atoms with Crippen LogP contribution in [-0.2, 0) is 0 Å². The molecule has 0 saturated carbocycles. The fraction of sp³-hybridized carbons (Fsp3) is 0.0667. The van der Waals surface area contributed by atoms with Crippen LogP contribution < -0.4 is 5.32 Å². The van der Waals surface area contributed by atoms with Crippen LogP contribution in [0.1, 0.15) is 26.3 Å². The predicted octanol–water partition coefficient (Wildman–Crippen LogP) is 2.79. The molecule has 2 aromatic rings. The SMILES string of the molecule is Cc1cc(C(=O)O)ccc1NC(=O)c1cc(F)ccc1O. The summed E-state index contributed by atoms with van der Waals surface area (Å²) in [4.78, 5) is 22.8. The van der Waals surface area contributed by atoms with Crippen molar-refractivity contribution < 1.29 is 24.2 Å². The number of carbonyl (C=O) groups is 2. The third-order valence-electron chi connectivity index (χ3n) is 2.92. The van der Waals surface area contributed by atoms with E-state index in [0.717, 1.165) is 18.2 Å². The molecule has 0 spiro atoms. The number of benzene rings is 2. The Morgan fingerprint density at radius 1 is 1.14 bits per heavy atom. The Morgan fingerprint density at radius 3 is 2.48 bits per heavy atom. The van der Waals surface area contributed by atoms with Gasteiger partial charge in [-0.3, -0.25) is 4.79 Å². The number of nitrogens with one attached hydrogen (secondary N) is 1. The summed E-state index contributed by atoms with van der Waals surface area (Å²) >= 11 is 0. The van der Waals surface area contributed by atoms with Crippen LogP contribution in [0.3, 0.4) is 0 Å². The fourth-order valence-corrected chi connectivity index (χ4v) is 1.82. The first-order valence-corrected chi connectivity index (χ1v) is 6.02. The average Bonchev–Trinajstić information content (AvgIpc) is 2.43. The molecule has 5 nitrogen and oxygen atoms in total. The predicted molar refractivity (Wildman–Crippen MR) is 74.2 cm³/mol. The van der Waals surface area contributed by atoms with Crippen molar-refractivity contribution in [3.63, 3.8) is 0 Å². The monoisotopic (exact) mass is 289 g/mol. The number of carboxylic acid groups (broad SMARTS) is 1. The van der Waals surface area contributed by atoms with E-state index in [4.69, 9.17) is 5.11 Å². The van der Waals surface area contributed by atoms with Crippen molar-refractivity contribution in [3.05, 3.63) is 58.9 Å². The van der Waals surface area contributed by atoms with Crippen molar-refractivity contribution in [2.75, 3.05) is 5.32 Å². The van der Waals surface area contributed by atoms with Gasteiger partial charge in [-0.25, -0.2) is 9.18 Å². The molecule has 21 heavy (non-hydrogen) atoms. The molecule has 6 heteroatoms. The van der Waals surface area contributed by atoms with Crippen molar-refractivity contribution in [2.24, 2.45) is 0 Å². The summed E-state index contributed by atoms with van der Waals surface area (Å²) in [7, 11) is 0. The molecule has 2 aromatic carbocycles. The van der Waals surface area contributed by atoms with Crippen molar-refractivity contribution in [2.45, 2.75) is 6.92 Å². The normalized spacial score (nSPS) is 10.2. The van der Waals surface area contributed by atoms with Gasteiger partial charge < -0.3 is 15.5 Å². The van der Waals surface area contributed by atoms with Crippen LogP contribution in [0.4, 0.5) is 10.1 Å². The van der Waals surface area contributed by atoms with E-state index in [1.165, 1.54) is 18.2 Å². The van der Waals surface area contributed by atoms with Gasteiger partial charge >= 0.3 is 5.97 Å². The average molecular weight is 289 g/mol. The molecule has 108 valence electrons. The largest absolute Gasteiger partial charge is 0.507 e. The molecule has 3 N–H and O–H groups in total. The molecule has 0 aliphatic carbocycles. The minimum atomic E-state index is -1.07. The van der Waals surface area contributed by atoms with Crippen LogP contribution in [0.2, 0.25) is 0 Å². The highest BCUT2D eigenvalue weighted by molar-refractivity contribution is 6.06. The molecule has 0 aliphatic rings. The minimum absolute atomic E-state index is 0.0964. The molecule has 0 heterocycles. The van der Waals surface area contributed by atoms with Gasteiger partial charge in [-0.15, -0.1) is 0 Å². The van der Waals surface area contributed by atoms with E-state index >= 15 is 0 Å². The van der Waals surface area contributed by atoms with Gasteiger partial charge in [0.1, 0.15) is 11.6 Å². The second-order valence-corrected chi connectivity index (χ2v) is 4.45. The van der Waals surface area contributed by atoms with Crippen LogP contribution in [0.25, 0.3) is 0 Å². The quantitative estimate of drug-likeness (QED) is 0.811. The highest BCUT2D eigenvalue weighted by Crippen LogP contribution is 2.22. The number of carboxylic acids is 1. The summed E-state index contributed by atoms with van der Waals surface area (Å²) < 4.78 is 13.1. The molecule has 0 aromatic heterocycles. The number of hydrogen-bond acceptors (Lipinski definition) is 3. The first-order valence-electron chi connectivity index (χ1n) is 6.02. The Hall–Kier alpha value is -2.89. The Bertz CT molecular complexity index is 728. The zero-order valence-electron chi connectivity index (χ0n) is 11.1. The molecule has 0 aliphatic heterocycles. The number of aryl methyl sites for hydroxylation is 1. The smallest absolute Gasteiger partial charge is 0.335 e. The second kappa shape index (κ2) is 5.62. The number of phenolic OH excluding ortho intramolecular Hbond substituents is 1. The van der Waals surface area contributed by atoms with Crippen molar-refractivity contribution in [3.8, 4) is 5.75 Å². The van der Waals surface area contributed by atoms with Gasteiger partial charge in [-0.05, 0) is 48.9 Å². The Labute approximate surface area is 119 Å². The number of anilines is 1. The summed E-state index contributed by atoms with van der Waals surface area (Å²) in [6, 6.07) is 7.24. The highest BCUT2D eigenvalue weighted by Gasteiger charge is 2.14. The van der Waals surface area contributed by atoms with Crippen molar-refractivity contribution >= 4 is 17.6 Å². The number of phenols is 1. The lowest BCUT2D eigenvalue weighted by Crippen LogP contribution is -2.13. The maximum atomic E-state index is 13.1. The third-order valence-corrected chi connectivity index (χ3v) is 2.92. The standard InChI is InChI=1S/C15H12FNO4/c1-8-6-9(15(20)21)2-4-12(8)17-14(19)11-7-10(16)3-5-13(11)18/h2-7,18H,1H3,(H,17,19)(H,20,21).